The molecule has 0 spiro atoms. The van der Waals surface area contributed by atoms with E-state index >= 15 is 0 Å². The second-order valence-corrected chi connectivity index (χ2v) is 10.9. The van der Waals surface area contributed by atoms with Crippen LogP contribution in [0.25, 0.3) is 0 Å². The van der Waals surface area contributed by atoms with Crippen molar-refractivity contribution in [2.24, 2.45) is 0 Å². The Morgan fingerprint density at radius 2 is 1.98 bits per heavy atom. The SMILES string of the molecule is C=C(Nc1nc(Nc2ccc(CP(=O)(OCC)OCC)cc2OC)ncc1C(F)(F)F)C1=C(C=C[NH2+][O-])CN(C)C1=O. The molecular weight excluding hydrogens is 580 g/mol. The minimum atomic E-state index is -4.83. The largest absolute Gasteiger partial charge is 0.631 e. The summed E-state index contributed by atoms with van der Waals surface area (Å²) in [5.41, 5.74) is 0.495. The van der Waals surface area contributed by atoms with Gasteiger partial charge in [-0.1, -0.05) is 12.6 Å². The fourth-order valence-electron chi connectivity index (χ4n) is 4.10. The number of carbonyl (C=O) groups excluding carboxylic acids is 1. The number of alkyl halides is 3. The lowest BCUT2D eigenvalue weighted by atomic mass is 10.1. The van der Waals surface area contributed by atoms with E-state index in [-0.39, 0.29) is 48.9 Å². The fraction of sp³-hybridized carbons (Fsp3) is 0.346. The van der Waals surface area contributed by atoms with Crippen molar-refractivity contribution in [3.63, 3.8) is 0 Å². The van der Waals surface area contributed by atoms with E-state index in [1.165, 1.54) is 31.3 Å². The minimum absolute atomic E-state index is 0.0190. The Kier molecular flexibility index (Phi) is 10.9. The molecule has 0 atom stereocenters. The summed E-state index contributed by atoms with van der Waals surface area (Å²) in [7, 11) is -0.501. The number of nitrogens with two attached hydrogens (primary N) is 1. The van der Waals surface area contributed by atoms with Crippen molar-refractivity contribution in [3.05, 3.63) is 76.4 Å². The van der Waals surface area contributed by atoms with E-state index in [4.69, 9.17) is 13.8 Å². The number of aromatic nitrogens is 2. The van der Waals surface area contributed by atoms with Crippen LogP contribution in [0.2, 0.25) is 0 Å². The van der Waals surface area contributed by atoms with E-state index in [1.807, 2.05) is 0 Å². The maximum Gasteiger partial charge on any atom is 0.421 e. The number of nitrogens with one attached hydrogen (secondary N) is 2. The average molecular weight is 613 g/mol. The van der Waals surface area contributed by atoms with Gasteiger partial charge in [0.15, 0.2) is 0 Å². The number of halogens is 3. The zero-order valence-corrected chi connectivity index (χ0v) is 24.3. The van der Waals surface area contributed by atoms with E-state index < -0.39 is 31.1 Å². The van der Waals surface area contributed by atoms with Crippen molar-refractivity contribution in [3.8, 4) is 5.75 Å². The van der Waals surface area contributed by atoms with Gasteiger partial charge in [0, 0.05) is 25.5 Å². The topological polar surface area (TPSA) is 155 Å². The number of carbonyl (C=O) groups is 1. The molecule has 0 fully saturated rings. The molecule has 42 heavy (non-hydrogen) atoms. The Morgan fingerprint density at radius 1 is 1.29 bits per heavy atom. The van der Waals surface area contributed by atoms with Gasteiger partial charge in [-0.2, -0.15) is 18.2 Å². The Morgan fingerprint density at radius 3 is 2.57 bits per heavy atom. The Hall–Kier alpha value is -3.75. The number of quaternary nitrogens is 1. The maximum absolute atomic E-state index is 13.9. The smallest absolute Gasteiger partial charge is 0.421 e. The van der Waals surface area contributed by atoms with Crippen LogP contribution in [-0.4, -0.2) is 54.7 Å². The van der Waals surface area contributed by atoms with Gasteiger partial charge >= 0.3 is 13.8 Å². The van der Waals surface area contributed by atoms with Gasteiger partial charge in [-0.05, 0) is 43.2 Å². The summed E-state index contributed by atoms with van der Waals surface area (Å²) in [6, 6.07) is 4.78. The third-order valence-corrected chi connectivity index (χ3v) is 7.93. The Bertz CT molecular complexity index is 1420. The first-order chi connectivity index (χ1) is 19.9. The van der Waals surface area contributed by atoms with Gasteiger partial charge in [-0.15, -0.1) is 0 Å². The van der Waals surface area contributed by atoms with Crippen LogP contribution in [0.15, 0.2) is 60.1 Å². The molecule has 12 nitrogen and oxygen atoms in total. The molecule has 228 valence electrons. The molecule has 0 saturated heterocycles. The summed E-state index contributed by atoms with van der Waals surface area (Å²) in [5.74, 6) is -1.08. The van der Waals surface area contributed by atoms with Gasteiger partial charge in [-0.25, -0.2) is 4.98 Å². The first-order valence-corrected chi connectivity index (χ1v) is 14.4. The lowest BCUT2D eigenvalue weighted by Crippen LogP contribution is -2.69. The van der Waals surface area contributed by atoms with Gasteiger partial charge < -0.3 is 40.0 Å². The first-order valence-electron chi connectivity index (χ1n) is 12.7. The van der Waals surface area contributed by atoms with Gasteiger partial charge in [0.05, 0.1) is 43.9 Å². The number of hydroxylamine groups is 1. The molecule has 2 aromatic rings. The first kappa shape index (κ1) is 32.8. The van der Waals surface area contributed by atoms with Gasteiger partial charge in [0.2, 0.25) is 5.95 Å². The summed E-state index contributed by atoms with van der Waals surface area (Å²) in [6.45, 7) is 7.69. The van der Waals surface area contributed by atoms with E-state index in [2.05, 4.69) is 27.2 Å². The standard InChI is InChI=1S/C26H32F3N6O6P/c1-6-40-42(38,41-7-2)15-17-8-9-20(21(12-17)39-5)33-25-30-13-19(26(27,28)29)23(34-25)32-16(3)22-18(10-11-31-37)14-35(4)24(22)36/h8-13H,3,6-7,14-15,31H2,1-2,4-5H3,(H2,30,32,33,34). The zero-order chi connectivity index (χ0) is 31.1. The summed E-state index contributed by atoms with van der Waals surface area (Å²) in [5, 5.41) is 16.1. The molecule has 0 radical (unpaired) electrons. The third kappa shape index (κ3) is 7.95. The highest BCUT2D eigenvalue weighted by molar-refractivity contribution is 7.53. The van der Waals surface area contributed by atoms with Crippen molar-refractivity contribution in [2.75, 3.05) is 44.5 Å². The van der Waals surface area contributed by atoms with Crippen molar-refractivity contribution in [2.45, 2.75) is 26.2 Å². The van der Waals surface area contributed by atoms with Crippen LogP contribution in [-0.2, 0) is 30.7 Å². The molecule has 0 saturated carbocycles. The number of nitrogens with zero attached hydrogens (tertiary/aromatic N) is 3. The summed E-state index contributed by atoms with van der Waals surface area (Å²) in [6.07, 6.45) is -1.69. The molecule has 2 heterocycles. The van der Waals surface area contributed by atoms with Crippen LogP contribution in [0.5, 0.6) is 5.75 Å². The minimum Gasteiger partial charge on any atom is -0.631 e. The lowest BCUT2D eigenvalue weighted by Gasteiger charge is -2.19. The Balaban J connectivity index is 1.94. The molecule has 0 unspecified atom stereocenters. The zero-order valence-electron chi connectivity index (χ0n) is 23.4. The summed E-state index contributed by atoms with van der Waals surface area (Å²) >= 11 is 0. The van der Waals surface area contributed by atoms with E-state index in [1.54, 1.807) is 32.0 Å². The van der Waals surface area contributed by atoms with Crippen LogP contribution >= 0.6 is 7.60 Å². The molecule has 1 aliphatic heterocycles. The molecule has 4 N–H and O–H groups in total. The average Bonchev–Trinajstić information content (AvgIpc) is 3.20. The van der Waals surface area contributed by atoms with Crippen LogP contribution in [0.1, 0.15) is 25.0 Å². The highest BCUT2D eigenvalue weighted by Crippen LogP contribution is 2.51. The molecule has 0 bridgehead atoms. The van der Waals surface area contributed by atoms with Gasteiger partial charge in [0.25, 0.3) is 5.91 Å². The van der Waals surface area contributed by atoms with Crippen LogP contribution in [0.3, 0.4) is 0 Å². The van der Waals surface area contributed by atoms with E-state index in [0.29, 0.717) is 28.5 Å². The number of hydrogen-bond donors (Lipinski definition) is 3. The third-order valence-electron chi connectivity index (χ3n) is 5.87. The van der Waals surface area contributed by atoms with E-state index in [9.17, 15) is 27.7 Å². The summed E-state index contributed by atoms with van der Waals surface area (Å²) in [4.78, 5) is 21.8. The summed E-state index contributed by atoms with van der Waals surface area (Å²) < 4.78 is 70.6. The van der Waals surface area contributed by atoms with Crippen LogP contribution in [0.4, 0.5) is 30.6 Å². The number of rotatable bonds is 14. The predicted octanol–water partition coefficient (Wildman–Crippen LogP) is 4.28. The number of ether oxygens (including phenoxy) is 1. The predicted molar refractivity (Wildman–Crippen MR) is 150 cm³/mol. The molecule has 3 rings (SSSR count). The van der Waals surface area contributed by atoms with Gasteiger partial charge in [-0.3, -0.25) is 9.36 Å². The number of amides is 1. The number of anilines is 3. The second-order valence-electron chi connectivity index (χ2n) is 8.88. The second kappa shape index (κ2) is 13.9. The number of benzene rings is 1. The van der Waals surface area contributed by atoms with Crippen LogP contribution in [0, 0.1) is 5.21 Å². The maximum atomic E-state index is 13.9. The van der Waals surface area contributed by atoms with Gasteiger partial charge in [0.1, 0.15) is 17.1 Å². The van der Waals surface area contributed by atoms with Crippen LogP contribution < -0.4 is 20.9 Å². The molecule has 1 aliphatic rings. The van der Waals surface area contributed by atoms with Crippen molar-refractivity contribution in [1.82, 2.24) is 14.9 Å². The normalized spacial score (nSPS) is 14.2. The molecular formula is C26H32F3N6O6P. The quantitative estimate of drug-likeness (QED) is 0.208. The van der Waals surface area contributed by atoms with Crippen molar-refractivity contribution in [1.29, 1.82) is 0 Å². The molecule has 16 heteroatoms. The Labute approximate surface area is 240 Å². The highest BCUT2D eigenvalue weighted by Gasteiger charge is 2.37. The van der Waals surface area contributed by atoms with E-state index in [0.717, 1.165) is 0 Å². The number of hydrogen-bond acceptors (Lipinski definition) is 10. The fourth-order valence-corrected chi connectivity index (χ4v) is 5.79. The monoisotopic (exact) mass is 612 g/mol. The molecule has 0 aliphatic carbocycles. The van der Waals surface area contributed by atoms with Crippen molar-refractivity contribution >= 4 is 31.0 Å². The number of methoxy groups -OCH3 is 1. The molecule has 1 aromatic carbocycles. The molecule has 1 amide bonds. The molecule has 1 aromatic heterocycles. The lowest BCUT2D eigenvalue weighted by molar-refractivity contribution is -0.514. The van der Waals surface area contributed by atoms with Crippen molar-refractivity contribution < 1.29 is 41.8 Å². The number of likely N-dealkylation sites (N-methyl/N-ethyl adjacent to an activating group) is 1. The highest BCUT2D eigenvalue weighted by atomic mass is 31.2.